The van der Waals surface area contributed by atoms with Crippen molar-refractivity contribution < 1.29 is 4.74 Å². The van der Waals surface area contributed by atoms with Crippen LogP contribution in [-0.2, 0) is 4.74 Å². The first-order chi connectivity index (χ1) is 6.22. The van der Waals surface area contributed by atoms with E-state index in [2.05, 4.69) is 36.9 Å². The van der Waals surface area contributed by atoms with E-state index in [9.17, 15) is 0 Å². The molecule has 0 saturated carbocycles. The highest BCUT2D eigenvalue weighted by molar-refractivity contribution is 9.11. The lowest BCUT2D eigenvalue weighted by molar-refractivity contribution is 0.344. The average Bonchev–Trinajstić information content (AvgIpc) is 2.03. The van der Waals surface area contributed by atoms with E-state index in [1.165, 1.54) is 6.40 Å². The topological polar surface area (TPSA) is 21.6 Å². The second-order valence-electron chi connectivity index (χ2n) is 2.32. The lowest BCUT2D eigenvalue weighted by Gasteiger charge is -1.97. The molecular weight excluding hydrogens is 298 g/mol. The van der Waals surface area contributed by atoms with E-state index in [0.29, 0.717) is 6.61 Å². The lowest BCUT2D eigenvalue weighted by atomic mass is 10.3. The SMILES string of the molecule is CCOC=Nc1cc(Br)cc(Br)c1. The summed E-state index contributed by atoms with van der Waals surface area (Å²) < 4.78 is 6.98. The van der Waals surface area contributed by atoms with Gasteiger partial charge in [-0.1, -0.05) is 31.9 Å². The molecule has 0 bridgehead atoms. The summed E-state index contributed by atoms with van der Waals surface area (Å²) in [7, 11) is 0. The molecule has 1 rings (SSSR count). The maximum absolute atomic E-state index is 4.99. The number of rotatable bonds is 3. The Morgan fingerprint density at radius 1 is 1.31 bits per heavy atom. The van der Waals surface area contributed by atoms with Crippen LogP contribution < -0.4 is 0 Å². The van der Waals surface area contributed by atoms with E-state index in [-0.39, 0.29) is 0 Å². The Morgan fingerprint density at radius 3 is 2.46 bits per heavy atom. The predicted molar refractivity (Wildman–Crippen MR) is 61.6 cm³/mol. The minimum atomic E-state index is 0.638. The first-order valence-corrected chi connectivity index (χ1v) is 5.41. The molecule has 0 spiro atoms. The lowest BCUT2D eigenvalue weighted by Crippen LogP contribution is -1.83. The quantitative estimate of drug-likeness (QED) is 0.613. The third-order valence-corrected chi connectivity index (χ3v) is 2.21. The molecule has 70 valence electrons. The molecule has 13 heavy (non-hydrogen) atoms. The van der Waals surface area contributed by atoms with Crippen LogP contribution in [0.4, 0.5) is 5.69 Å². The van der Waals surface area contributed by atoms with Gasteiger partial charge in [-0.05, 0) is 25.1 Å². The Kier molecular flexibility index (Phi) is 4.45. The van der Waals surface area contributed by atoms with Gasteiger partial charge in [0.25, 0.3) is 0 Å². The molecule has 0 heterocycles. The molecule has 0 unspecified atom stereocenters. The van der Waals surface area contributed by atoms with E-state index >= 15 is 0 Å². The molecular formula is C9H9Br2NO. The highest BCUT2D eigenvalue weighted by atomic mass is 79.9. The fourth-order valence-electron chi connectivity index (χ4n) is 0.786. The number of hydrogen-bond acceptors (Lipinski definition) is 2. The Labute approximate surface area is 94.3 Å². The number of aliphatic imine (C=N–C) groups is 1. The molecule has 0 fully saturated rings. The molecule has 0 saturated heterocycles. The van der Waals surface area contributed by atoms with Crippen LogP contribution in [0, 0.1) is 0 Å². The molecule has 0 aliphatic rings. The van der Waals surface area contributed by atoms with Crippen LogP contribution in [0.2, 0.25) is 0 Å². The maximum Gasteiger partial charge on any atom is 0.174 e. The summed E-state index contributed by atoms with van der Waals surface area (Å²) in [6.45, 7) is 2.56. The second kappa shape index (κ2) is 5.40. The van der Waals surface area contributed by atoms with Crippen LogP contribution in [0.1, 0.15) is 6.92 Å². The predicted octanol–water partition coefficient (Wildman–Crippen LogP) is 3.91. The maximum atomic E-state index is 4.99. The van der Waals surface area contributed by atoms with Gasteiger partial charge in [0.05, 0.1) is 12.3 Å². The van der Waals surface area contributed by atoms with Crippen LogP contribution in [0.25, 0.3) is 0 Å². The molecule has 4 heteroatoms. The number of benzene rings is 1. The van der Waals surface area contributed by atoms with Gasteiger partial charge in [0.2, 0.25) is 0 Å². The molecule has 0 amide bonds. The normalized spacial score (nSPS) is 10.7. The van der Waals surface area contributed by atoms with Crippen LogP contribution in [0.3, 0.4) is 0 Å². The van der Waals surface area contributed by atoms with Gasteiger partial charge >= 0.3 is 0 Å². The number of nitrogens with zero attached hydrogens (tertiary/aromatic N) is 1. The second-order valence-corrected chi connectivity index (χ2v) is 4.15. The monoisotopic (exact) mass is 305 g/mol. The zero-order chi connectivity index (χ0) is 9.68. The molecule has 1 aromatic carbocycles. The van der Waals surface area contributed by atoms with Crippen molar-refractivity contribution in [3.63, 3.8) is 0 Å². The van der Waals surface area contributed by atoms with Gasteiger partial charge < -0.3 is 4.74 Å². The minimum absolute atomic E-state index is 0.638. The molecule has 0 aliphatic heterocycles. The van der Waals surface area contributed by atoms with Crippen LogP contribution in [0.5, 0.6) is 0 Å². The van der Waals surface area contributed by atoms with E-state index in [1.807, 2.05) is 25.1 Å². The molecule has 0 N–H and O–H groups in total. The van der Waals surface area contributed by atoms with Crippen molar-refractivity contribution in [3.05, 3.63) is 27.1 Å². The number of ether oxygens (including phenoxy) is 1. The van der Waals surface area contributed by atoms with E-state index in [1.54, 1.807) is 0 Å². The third kappa shape index (κ3) is 3.91. The minimum Gasteiger partial charge on any atom is -0.483 e. The molecule has 1 aromatic rings. The van der Waals surface area contributed by atoms with Gasteiger partial charge in [0.1, 0.15) is 0 Å². The first kappa shape index (κ1) is 10.7. The molecule has 2 nitrogen and oxygen atoms in total. The fourth-order valence-corrected chi connectivity index (χ4v) is 2.06. The Balaban J connectivity index is 2.77. The van der Waals surface area contributed by atoms with Gasteiger partial charge in [-0.25, -0.2) is 4.99 Å². The molecule has 0 aliphatic carbocycles. The summed E-state index contributed by atoms with van der Waals surface area (Å²) >= 11 is 6.75. The number of hydrogen-bond donors (Lipinski definition) is 0. The molecule has 0 radical (unpaired) electrons. The van der Waals surface area contributed by atoms with Crippen molar-refractivity contribution >= 4 is 43.9 Å². The van der Waals surface area contributed by atoms with Crippen molar-refractivity contribution in [3.8, 4) is 0 Å². The fraction of sp³-hybridized carbons (Fsp3) is 0.222. The van der Waals surface area contributed by atoms with E-state index < -0.39 is 0 Å². The Bertz CT molecular complexity index is 292. The van der Waals surface area contributed by atoms with Gasteiger partial charge in [0.15, 0.2) is 6.40 Å². The van der Waals surface area contributed by atoms with Crippen molar-refractivity contribution in [2.45, 2.75) is 6.92 Å². The summed E-state index contributed by atoms with van der Waals surface area (Å²) in [5.41, 5.74) is 0.856. The van der Waals surface area contributed by atoms with Crippen LogP contribution >= 0.6 is 31.9 Å². The van der Waals surface area contributed by atoms with Crippen molar-refractivity contribution in [2.24, 2.45) is 4.99 Å². The molecule has 0 aromatic heterocycles. The smallest absolute Gasteiger partial charge is 0.174 e. The van der Waals surface area contributed by atoms with Gasteiger partial charge in [-0.15, -0.1) is 0 Å². The van der Waals surface area contributed by atoms with E-state index in [0.717, 1.165) is 14.6 Å². The summed E-state index contributed by atoms with van der Waals surface area (Å²) in [5, 5.41) is 0. The zero-order valence-electron chi connectivity index (χ0n) is 7.13. The molecule has 0 atom stereocenters. The third-order valence-electron chi connectivity index (χ3n) is 1.29. The van der Waals surface area contributed by atoms with Crippen molar-refractivity contribution in [2.75, 3.05) is 6.61 Å². The summed E-state index contributed by atoms with van der Waals surface area (Å²) in [4.78, 5) is 4.11. The van der Waals surface area contributed by atoms with Crippen molar-refractivity contribution in [1.29, 1.82) is 0 Å². The summed E-state index contributed by atoms with van der Waals surface area (Å²) in [6.07, 6.45) is 1.45. The highest BCUT2D eigenvalue weighted by Gasteiger charge is 1.94. The van der Waals surface area contributed by atoms with Gasteiger partial charge in [-0.3, -0.25) is 0 Å². The largest absolute Gasteiger partial charge is 0.483 e. The average molecular weight is 307 g/mol. The van der Waals surface area contributed by atoms with Gasteiger partial charge in [0, 0.05) is 8.95 Å². The Hall–Kier alpha value is -0.350. The zero-order valence-corrected chi connectivity index (χ0v) is 10.3. The van der Waals surface area contributed by atoms with Crippen LogP contribution in [-0.4, -0.2) is 13.0 Å². The van der Waals surface area contributed by atoms with E-state index in [4.69, 9.17) is 4.74 Å². The Morgan fingerprint density at radius 2 is 1.92 bits per heavy atom. The first-order valence-electron chi connectivity index (χ1n) is 3.82. The van der Waals surface area contributed by atoms with Gasteiger partial charge in [-0.2, -0.15) is 0 Å². The number of halogens is 2. The van der Waals surface area contributed by atoms with Crippen molar-refractivity contribution in [1.82, 2.24) is 0 Å². The highest BCUT2D eigenvalue weighted by Crippen LogP contribution is 2.24. The summed E-state index contributed by atoms with van der Waals surface area (Å²) in [5.74, 6) is 0. The van der Waals surface area contributed by atoms with Crippen LogP contribution in [0.15, 0.2) is 32.1 Å². The summed E-state index contributed by atoms with van der Waals surface area (Å²) in [6, 6.07) is 5.79. The standard InChI is InChI=1S/C9H9Br2NO/c1-2-13-6-12-9-4-7(10)3-8(11)5-9/h3-6H,2H2,1H3.